The first-order valence-corrected chi connectivity index (χ1v) is 4.88. The van der Waals surface area contributed by atoms with E-state index >= 15 is 0 Å². The maximum atomic E-state index is 10.4. The molecule has 0 aliphatic carbocycles. The van der Waals surface area contributed by atoms with Crippen LogP contribution in [-0.4, -0.2) is 9.19 Å². The molecule has 54 valence electrons. The molecule has 1 rings (SSSR count). The van der Waals surface area contributed by atoms with Crippen LogP contribution in [0.4, 0.5) is 0 Å². The molecule has 0 spiro atoms. The van der Waals surface area contributed by atoms with Crippen molar-refractivity contribution in [2.75, 3.05) is 0 Å². The van der Waals surface area contributed by atoms with Gasteiger partial charge in [-0.15, -0.1) is 0 Å². The minimum Gasteiger partial charge on any atom is -0.260 e. The van der Waals surface area contributed by atoms with Crippen LogP contribution in [0.3, 0.4) is 0 Å². The third kappa shape index (κ3) is 2.45. The summed E-state index contributed by atoms with van der Waals surface area (Å²) in [5, 5.41) is 0. The highest BCUT2D eigenvalue weighted by atomic mass is 35.7. The predicted octanol–water partition coefficient (Wildman–Crippen LogP) is 1.48. The van der Waals surface area contributed by atoms with Gasteiger partial charge in [0.1, 0.15) is 10.0 Å². The molecule has 0 aliphatic rings. The summed E-state index contributed by atoms with van der Waals surface area (Å²) in [6.07, 6.45) is 1.65. The fourth-order valence-electron chi connectivity index (χ4n) is 0.600. The Kier molecular flexibility index (Phi) is 2.83. The van der Waals surface area contributed by atoms with E-state index in [0.29, 0.717) is 5.75 Å². The van der Waals surface area contributed by atoms with E-state index in [4.69, 9.17) is 10.7 Å². The summed E-state index contributed by atoms with van der Waals surface area (Å²) in [6, 6.07) is 5.44. The van der Waals surface area contributed by atoms with Gasteiger partial charge in [-0.2, -0.15) is 0 Å². The van der Waals surface area contributed by atoms with Crippen molar-refractivity contribution >= 4 is 20.7 Å². The largest absolute Gasteiger partial charge is 0.260 e. The van der Waals surface area contributed by atoms with Gasteiger partial charge in [0.2, 0.25) is 0 Å². The Morgan fingerprint density at radius 2 is 2.40 bits per heavy atom. The highest BCUT2D eigenvalue weighted by Gasteiger charge is 1.95. The molecule has 0 aliphatic heterocycles. The summed E-state index contributed by atoms with van der Waals surface area (Å²) in [5.74, 6) is 0.322. The molecule has 0 fully saturated rings. The molecule has 0 N–H and O–H groups in total. The van der Waals surface area contributed by atoms with Gasteiger partial charge in [0.05, 0.1) is 11.4 Å². The highest BCUT2D eigenvalue weighted by Crippen LogP contribution is 2.00. The molecule has 4 heteroatoms. The second-order valence-electron chi connectivity index (χ2n) is 1.76. The molecule has 0 radical (unpaired) electrons. The van der Waals surface area contributed by atoms with Crippen LogP contribution in [0.5, 0.6) is 0 Å². The Balaban J connectivity index is 2.67. The molecule has 1 unspecified atom stereocenters. The second kappa shape index (κ2) is 3.68. The van der Waals surface area contributed by atoms with E-state index in [0.717, 1.165) is 5.69 Å². The number of hydrogen-bond acceptors (Lipinski definition) is 2. The molecule has 0 saturated carbocycles. The van der Waals surface area contributed by atoms with Crippen LogP contribution in [0.25, 0.3) is 0 Å². The van der Waals surface area contributed by atoms with Crippen LogP contribution in [0.1, 0.15) is 5.69 Å². The van der Waals surface area contributed by atoms with Crippen molar-refractivity contribution in [3.05, 3.63) is 30.1 Å². The van der Waals surface area contributed by atoms with Crippen LogP contribution < -0.4 is 0 Å². The zero-order chi connectivity index (χ0) is 7.40. The average Bonchev–Trinajstić information content (AvgIpc) is 1.88. The minimum absolute atomic E-state index is 0.322. The van der Waals surface area contributed by atoms with E-state index in [1.165, 1.54) is 0 Å². The monoisotopic (exact) mass is 175 g/mol. The van der Waals surface area contributed by atoms with Crippen LogP contribution in [0.15, 0.2) is 24.4 Å². The number of rotatable bonds is 2. The fourth-order valence-corrected chi connectivity index (χ4v) is 1.34. The van der Waals surface area contributed by atoms with Gasteiger partial charge in [-0.05, 0) is 22.8 Å². The lowest BCUT2D eigenvalue weighted by atomic mass is 10.4. The Labute approximate surface area is 66.2 Å². The number of nitrogens with zero attached hydrogens (tertiary/aromatic N) is 1. The van der Waals surface area contributed by atoms with Gasteiger partial charge in [-0.1, -0.05) is 6.07 Å². The Hall–Kier alpha value is -0.410. The van der Waals surface area contributed by atoms with E-state index < -0.39 is 10.0 Å². The number of halogens is 1. The van der Waals surface area contributed by atoms with E-state index in [-0.39, 0.29) is 0 Å². The lowest BCUT2D eigenvalue weighted by Crippen LogP contribution is -1.89. The van der Waals surface area contributed by atoms with Gasteiger partial charge in [-0.3, -0.25) is 4.98 Å². The summed E-state index contributed by atoms with van der Waals surface area (Å²) >= 11 is 0. The third-order valence-electron chi connectivity index (χ3n) is 0.988. The van der Waals surface area contributed by atoms with Gasteiger partial charge in [0.25, 0.3) is 0 Å². The normalized spacial score (nSPS) is 12.9. The third-order valence-corrected chi connectivity index (χ3v) is 1.84. The molecule has 1 aromatic rings. The summed E-state index contributed by atoms with van der Waals surface area (Å²) in [7, 11) is 3.94. The van der Waals surface area contributed by atoms with Crippen molar-refractivity contribution in [2.24, 2.45) is 0 Å². The van der Waals surface area contributed by atoms with Crippen molar-refractivity contribution in [3.8, 4) is 0 Å². The Morgan fingerprint density at radius 1 is 1.60 bits per heavy atom. The molecule has 2 nitrogen and oxygen atoms in total. The van der Waals surface area contributed by atoms with Crippen molar-refractivity contribution in [2.45, 2.75) is 5.75 Å². The van der Waals surface area contributed by atoms with Crippen LogP contribution in [-0.2, 0) is 15.8 Å². The summed E-state index contributed by atoms with van der Waals surface area (Å²) < 4.78 is 10.4. The molecule has 1 atom stereocenters. The standard InChI is InChI=1S/C6H6ClNOS/c7-10(9)5-6-3-1-2-4-8-6/h1-4H,5H2. The second-order valence-corrected chi connectivity index (χ2v) is 3.66. The predicted molar refractivity (Wildman–Crippen MR) is 41.9 cm³/mol. The van der Waals surface area contributed by atoms with Crippen molar-refractivity contribution in [1.82, 2.24) is 4.98 Å². The van der Waals surface area contributed by atoms with Crippen LogP contribution in [0.2, 0.25) is 0 Å². The van der Waals surface area contributed by atoms with Crippen LogP contribution in [0, 0.1) is 0 Å². The molecule has 0 aromatic carbocycles. The number of hydrogen-bond donors (Lipinski definition) is 0. The number of pyridine rings is 1. The Morgan fingerprint density at radius 3 is 2.90 bits per heavy atom. The molecule has 0 amide bonds. The molecule has 1 heterocycles. The van der Waals surface area contributed by atoms with E-state index in [1.54, 1.807) is 18.3 Å². The first-order valence-electron chi connectivity index (χ1n) is 2.73. The van der Waals surface area contributed by atoms with Crippen molar-refractivity contribution in [1.29, 1.82) is 0 Å². The summed E-state index contributed by atoms with van der Waals surface area (Å²) in [5.41, 5.74) is 0.760. The zero-order valence-corrected chi connectivity index (χ0v) is 6.73. The van der Waals surface area contributed by atoms with E-state index in [1.807, 2.05) is 6.07 Å². The quantitative estimate of drug-likeness (QED) is 0.638. The molecular weight excluding hydrogens is 170 g/mol. The van der Waals surface area contributed by atoms with E-state index in [2.05, 4.69) is 4.98 Å². The van der Waals surface area contributed by atoms with E-state index in [9.17, 15) is 4.21 Å². The van der Waals surface area contributed by atoms with Gasteiger partial charge in [0.15, 0.2) is 0 Å². The van der Waals surface area contributed by atoms with Crippen molar-refractivity contribution < 1.29 is 4.21 Å². The average molecular weight is 176 g/mol. The molecule has 10 heavy (non-hydrogen) atoms. The molecule has 0 bridgehead atoms. The summed E-state index contributed by atoms with van der Waals surface area (Å²) in [6.45, 7) is 0. The van der Waals surface area contributed by atoms with Gasteiger partial charge < -0.3 is 0 Å². The maximum Gasteiger partial charge on any atom is 0.121 e. The van der Waals surface area contributed by atoms with Crippen LogP contribution >= 0.6 is 10.7 Å². The molecule has 1 aromatic heterocycles. The number of aromatic nitrogens is 1. The lowest BCUT2D eigenvalue weighted by molar-refractivity contribution is 0.690. The highest BCUT2D eigenvalue weighted by molar-refractivity contribution is 8.07. The van der Waals surface area contributed by atoms with Gasteiger partial charge in [-0.25, -0.2) is 4.21 Å². The smallest absolute Gasteiger partial charge is 0.121 e. The SMILES string of the molecule is O=S(Cl)Cc1ccccn1. The molecular formula is C6H6ClNOS. The Bertz CT molecular complexity index is 226. The van der Waals surface area contributed by atoms with Crippen molar-refractivity contribution in [3.63, 3.8) is 0 Å². The van der Waals surface area contributed by atoms with Gasteiger partial charge in [0, 0.05) is 6.20 Å². The first-order chi connectivity index (χ1) is 4.79. The minimum atomic E-state index is -1.31. The fraction of sp³-hybridized carbons (Fsp3) is 0.167. The lowest BCUT2D eigenvalue weighted by Gasteiger charge is -1.91. The summed E-state index contributed by atoms with van der Waals surface area (Å²) in [4.78, 5) is 3.94. The first kappa shape index (κ1) is 7.69. The zero-order valence-electron chi connectivity index (χ0n) is 5.16. The molecule has 0 saturated heterocycles. The topological polar surface area (TPSA) is 30.0 Å². The van der Waals surface area contributed by atoms with Gasteiger partial charge >= 0.3 is 0 Å². The maximum absolute atomic E-state index is 10.4.